The summed E-state index contributed by atoms with van der Waals surface area (Å²) in [7, 11) is 1.70. The number of aromatic hydroxyl groups is 1. The van der Waals surface area contributed by atoms with Crippen LogP contribution in [-0.2, 0) is 0 Å². The Bertz CT molecular complexity index is 1220. The van der Waals surface area contributed by atoms with E-state index in [1.54, 1.807) is 20.2 Å². The molecule has 2 aliphatic rings. The number of nitrogen functional groups attached to an aromatic ring is 1. The van der Waals surface area contributed by atoms with Crippen LogP contribution in [0.3, 0.4) is 0 Å². The van der Waals surface area contributed by atoms with Crippen LogP contribution < -0.4 is 16.0 Å². The highest BCUT2D eigenvalue weighted by Crippen LogP contribution is 2.37. The van der Waals surface area contributed by atoms with E-state index in [9.17, 15) is 5.11 Å². The van der Waals surface area contributed by atoms with Crippen LogP contribution in [0, 0.1) is 6.92 Å². The van der Waals surface area contributed by atoms with Crippen molar-refractivity contribution in [3.63, 3.8) is 0 Å². The van der Waals surface area contributed by atoms with Crippen LogP contribution in [0.15, 0.2) is 35.3 Å². The first kappa shape index (κ1) is 20.7. The lowest BCUT2D eigenvalue weighted by molar-refractivity contribution is 0.455. The zero-order valence-corrected chi connectivity index (χ0v) is 18.9. The van der Waals surface area contributed by atoms with Crippen molar-refractivity contribution in [2.45, 2.75) is 44.7 Å². The topological polar surface area (TPSA) is 99.7 Å². The van der Waals surface area contributed by atoms with Crippen LogP contribution in [0.2, 0.25) is 0 Å². The fourth-order valence-corrected chi connectivity index (χ4v) is 4.52. The summed E-state index contributed by atoms with van der Waals surface area (Å²) in [5.74, 6) is 1.14. The summed E-state index contributed by atoms with van der Waals surface area (Å²) < 4.78 is 0. The van der Waals surface area contributed by atoms with Gasteiger partial charge < -0.3 is 21.1 Å². The number of nitrogens with two attached hydrogens (primary N) is 1. The summed E-state index contributed by atoms with van der Waals surface area (Å²) in [5.41, 5.74) is 11.4. The monoisotopic (exact) mass is 430 g/mol. The van der Waals surface area contributed by atoms with Crippen molar-refractivity contribution in [2.75, 3.05) is 30.8 Å². The van der Waals surface area contributed by atoms with E-state index >= 15 is 0 Å². The molecule has 3 aromatic rings. The van der Waals surface area contributed by atoms with E-state index in [4.69, 9.17) is 15.7 Å². The average Bonchev–Trinajstić information content (AvgIpc) is 3.33. The van der Waals surface area contributed by atoms with Gasteiger partial charge in [0.25, 0.3) is 0 Å². The van der Waals surface area contributed by atoms with E-state index in [1.165, 1.54) is 12.8 Å². The van der Waals surface area contributed by atoms with Crippen LogP contribution in [0.4, 0.5) is 11.5 Å². The summed E-state index contributed by atoms with van der Waals surface area (Å²) in [4.78, 5) is 16.1. The van der Waals surface area contributed by atoms with E-state index in [1.807, 2.05) is 30.3 Å². The van der Waals surface area contributed by atoms with Gasteiger partial charge in [0.15, 0.2) is 0 Å². The summed E-state index contributed by atoms with van der Waals surface area (Å²) in [6.07, 6.45) is 5.40. The molecule has 1 aromatic carbocycles. The molecule has 0 unspecified atom stereocenters. The highest BCUT2D eigenvalue weighted by molar-refractivity contribution is 5.93. The molecule has 0 radical (unpaired) electrons. The molecule has 2 aromatic heterocycles. The number of fused-ring (bicyclic) bond motifs is 1. The predicted molar refractivity (Wildman–Crippen MR) is 131 cm³/mol. The van der Waals surface area contributed by atoms with Crippen molar-refractivity contribution < 1.29 is 5.11 Å². The Hall–Kier alpha value is -3.19. The molecule has 1 aliphatic carbocycles. The molecule has 4 N–H and O–H groups in total. The Morgan fingerprint density at radius 2 is 1.97 bits per heavy atom. The SMILES string of the molecule is CN=Cc1cc(-c2ccc3nc(N4CC[C@H](NC5(C)CC5)C4)ccc3n2)c(O)c(C)c1N. The molecule has 1 atom stereocenters. The van der Waals surface area contributed by atoms with Crippen LogP contribution in [0.5, 0.6) is 5.75 Å². The second-order valence-corrected chi connectivity index (χ2v) is 9.33. The molecule has 1 saturated heterocycles. The van der Waals surface area contributed by atoms with Gasteiger partial charge in [-0.1, -0.05) is 0 Å². The highest BCUT2D eigenvalue weighted by atomic mass is 16.3. The number of aromatic nitrogens is 2. The van der Waals surface area contributed by atoms with Gasteiger partial charge in [-0.15, -0.1) is 0 Å². The van der Waals surface area contributed by atoms with E-state index in [2.05, 4.69) is 22.1 Å². The van der Waals surface area contributed by atoms with Crippen molar-refractivity contribution >= 4 is 28.8 Å². The highest BCUT2D eigenvalue weighted by Gasteiger charge is 2.40. The number of pyridine rings is 2. The van der Waals surface area contributed by atoms with Crippen LogP contribution in [0.25, 0.3) is 22.3 Å². The second-order valence-electron chi connectivity index (χ2n) is 9.33. The minimum atomic E-state index is 0.146. The van der Waals surface area contributed by atoms with Gasteiger partial charge in [-0.2, -0.15) is 0 Å². The molecule has 7 nitrogen and oxygen atoms in total. The molecule has 3 heterocycles. The predicted octanol–water partition coefficient (Wildman–Crippen LogP) is 3.66. The molecule has 166 valence electrons. The summed E-state index contributed by atoms with van der Waals surface area (Å²) in [6, 6.07) is 10.3. The molecule has 1 aliphatic heterocycles. The molecule has 5 rings (SSSR count). The third-order valence-electron chi connectivity index (χ3n) is 6.76. The van der Waals surface area contributed by atoms with Gasteiger partial charge in [0.05, 0.1) is 16.7 Å². The van der Waals surface area contributed by atoms with E-state index in [0.29, 0.717) is 34.1 Å². The van der Waals surface area contributed by atoms with E-state index in [0.717, 1.165) is 41.9 Å². The Labute approximate surface area is 188 Å². The van der Waals surface area contributed by atoms with Crippen LogP contribution >= 0.6 is 0 Å². The number of benzene rings is 1. The first-order valence-corrected chi connectivity index (χ1v) is 11.2. The lowest BCUT2D eigenvalue weighted by Gasteiger charge is -2.21. The molecule has 32 heavy (non-hydrogen) atoms. The lowest BCUT2D eigenvalue weighted by Crippen LogP contribution is -2.40. The molecule has 0 spiro atoms. The molecule has 1 saturated carbocycles. The lowest BCUT2D eigenvalue weighted by atomic mass is 10.00. The molecule has 0 bridgehead atoms. The molecule has 7 heteroatoms. The first-order valence-electron chi connectivity index (χ1n) is 11.2. The Balaban J connectivity index is 1.43. The van der Waals surface area contributed by atoms with E-state index in [-0.39, 0.29) is 5.75 Å². The standard InChI is InChI=1S/C25H30N6O/c1-15-23(26)16(13-27-3)12-18(24(15)32)19-4-5-21-20(28-19)6-7-22(29-21)31-11-8-17(14-31)30-25(2)9-10-25/h4-7,12-13,17,30,32H,8-11,14,26H2,1-3H3/t17-/m0/s1. The molecular weight excluding hydrogens is 400 g/mol. The number of phenolic OH excluding ortho intramolecular Hbond substituents is 1. The van der Waals surface area contributed by atoms with Crippen molar-refractivity contribution in [3.8, 4) is 17.0 Å². The van der Waals surface area contributed by atoms with Gasteiger partial charge in [0, 0.05) is 60.3 Å². The van der Waals surface area contributed by atoms with Gasteiger partial charge in [-0.05, 0) is 63.4 Å². The number of phenols is 1. The maximum absolute atomic E-state index is 10.7. The van der Waals surface area contributed by atoms with Gasteiger partial charge in [-0.3, -0.25) is 4.99 Å². The summed E-state index contributed by atoms with van der Waals surface area (Å²) in [6.45, 7) is 6.11. The fourth-order valence-electron chi connectivity index (χ4n) is 4.52. The number of rotatable bonds is 5. The van der Waals surface area contributed by atoms with Crippen molar-refractivity contribution in [3.05, 3.63) is 41.5 Å². The molecular formula is C25H30N6O. The third-order valence-corrected chi connectivity index (χ3v) is 6.76. The van der Waals surface area contributed by atoms with E-state index < -0.39 is 0 Å². The summed E-state index contributed by atoms with van der Waals surface area (Å²) >= 11 is 0. The van der Waals surface area contributed by atoms with Crippen LogP contribution in [-0.4, -0.2) is 53.0 Å². The van der Waals surface area contributed by atoms with Gasteiger partial charge in [0.2, 0.25) is 0 Å². The fraction of sp³-hybridized carbons (Fsp3) is 0.400. The number of hydrogen-bond donors (Lipinski definition) is 3. The Kier molecular flexibility index (Phi) is 5.01. The Morgan fingerprint density at radius 1 is 1.22 bits per heavy atom. The first-order chi connectivity index (χ1) is 15.4. The number of nitrogens with zero attached hydrogens (tertiary/aromatic N) is 4. The maximum atomic E-state index is 10.7. The van der Waals surface area contributed by atoms with Crippen LogP contribution in [0.1, 0.15) is 37.3 Å². The summed E-state index contributed by atoms with van der Waals surface area (Å²) in [5, 5.41) is 14.5. The van der Waals surface area contributed by atoms with Crippen molar-refractivity contribution in [1.29, 1.82) is 0 Å². The zero-order valence-electron chi connectivity index (χ0n) is 18.9. The zero-order chi connectivity index (χ0) is 22.5. The largest absolute Gasteiger partial charge is 0.507 e. The quantitative estimate of drug-likeness (QED) is 0.422. The average molecular weight is 431 g/mol. The number of anilines is 2. The third kappa shape index (κ3) is 3.77. The van der Waals surface area contributed by atoms with Gasteiger partial charge in [-0.25, -0.2) is 9.97 Å². The number of hydrogen-bond acceptors (Lipinski definition) is 7. The van der Waals surface area contributed by atoms with Crippen molar-refractivity contribution in [1.82, 2.24) is 15.3 Å². The second kappa shape index (κ2) is 7.74. The van der Waals surface area contributed by atoms with Gasteiger partial charge >= 0.3 is 0 Å². The number of aliphatic imine (C=N–C) groups is 1. The smallest absolute Gasteiger partial charge is 0.129 e. The maximum Gasteiger partial charge on any atom is 0.129 e. The normalized spacial score (nSPS) is 19.8. The van der Waals surface area contributed by atoms with Gasteiger partial charge in [0.1, 0.15) is 11.6 Å². The molecule has 0 amide bonds. The number of nitrogens with one attached hydrogen (secondary N) is 1. The van der Waals surface area contributed by atoms with Crippen molar-refractivity contribution in [2.24, 2.45) is 4.99 Å². The minimum Gasteiger partial charge on any atom is -0.507 e. The minimum absolute atomic E-state index is 0.146. The Morgan fingerprint density at radius 3 is 2.72 bits per heavy atom. The molecule has 2 fully saturated rings.